The van der Waals surface area contributed by atoms with E-state index in [1.165, 1.54) is 24.0 Å². The Morgan fingerprint density at radius 3 is 2.80 bits per heavy atom. The summed E-state index contributed by atoms with van der Waals surface area (Å²) in [4.78, 5) is 0. The lowest BCUT2D eigenvalue weighted by Crippen LogP contribution is -2.16. The predicted molar refractivity (Wildman–Crippen MR) is 78.8 cm³/mol. The summed E-state index contributed by atoms with van der Waals surface area (Å²) in [6, 6.07) is 18.2. The molecule has 0 aromatic heterocycles. The zero-order chi connectivity index (χ0) is 13.8. The van der Waals surface area contributed by atoms with Gasteiger partial charge in [-0.1, -0.05) is 36.4 Å². The van der Waals surface area contributed by atoms with Crippen LogP contribution >= 0.6 is 0 Å². The van der Waals surface area contributed by atoms with Crippen LogP contribution in [-0.4, -0.2) is 6.61 Å². The third-order valence-electron chi connectivity index (χ3n) is 3.94. The van der Waals surface area contributed by atoms with Crippen molar-refractivity contribution in [1.82, 2.24) is 0 Å². The molecule has 0 fully saturated rings. The molecule has 0 spiro atoms. The molecular weight excluding hydrogens is 246 g/mol. The minimum absolute atomic E-state index is 0.437. The Kier molecular flexibility index (Phi) is 3.69. The number of nitrogens with zero attached hydrogens (tertiary/aromatic N) is 1. The van der Waals surface area contributed by atoms with Gasteiger partial charge in [-0.05, 0) is 42.5 Å². The molecule has 2 aromatic carbocycles. The normalized spacial score (nSPS) is 17.1. The van der Waals surface area contributed by atoms with Gasteiger partial charge in [0, 0.05) is 5.92 Å². The van der Waals surface area contributed by atoms with Crippen molar-refractivity contribution in [3.63, 3.8) is 0 Å². The van der Waals surface area contributed by atoms with Crippen molar-refractivity contribution in [3.8, 4) is 11.8 Å². The van der Waals surface area contributed by atoms with Crippen molar-refractivity contribution in [2.24, 2.45) is 0 Å². The van der Waals surface area contributed by atoms with Gasteiger partial charge < -0.3 is 4.74 Å². The van der Waals surface area contributed by atoms with Gasteiger partial charge in [0.15, 0.2) is 0 Å². The van der Waals surface area contributed by atoms with Crippen molar-refractivity contribution < 1.29 is 4.74 Å². The number of nitriles is 1. The van der Waals surface area contributed by atoms with E-state index in [1.54, 1.807) is 6.07 Å². The van der Waals surface area contributed by atoms with Crippen molar-refractivity contribution in [2.45, 2.75) is 25.2 Å². The molecule has 0 amide bonds. The van der Waals surface area contributed by atoms with Gasteiger partial charge in [-0.15, -0.1) is 0 Å². The predicted octanol–water partition coefficient (Wildman–Crippen LogP) is 4.06. The maximum Gasteiger partial charge on any atom is 0.137 e. The summed E-state index contributed by atoms with van der Waals surface area (Å²) in [6.07, 6.45) is 3.54. The number of hydrogen-bond acceptors (Lipinski definition) is 2. The fourth-order valence-electron chi connectivity index (χ4n) is 2.90. The molecule has 3 rings (SSSR count). The SMILES string of the molecule is N#Cc1ccccc1OCC1CCCc2ccccc21. The van der Waals surface area contributed by atoms with E-state index in [2.05, 4.69) is 30.3 Å². The Balaban J connectivity index is 1.75. The van der Waals surface area contributed by atoms with Crippen molar-refractivity contribution in [3.05, 3.63) is 65.2 Å². The molecule has 1 aliphatic rings. The molecule has 0 heterocycles. The van der Waals surface area contributed by atoms with Crippen LogP contribution < -0.4 is 4.74 Å². The molecule has 0 aliphatic heterocycles. The van der Waals surface area contributed by atoms with Crippen LogP contribution in [0, 0.1) is 11.3 Å². The molecule has 20 heavy (non-hydrogen) atoms. The second-order valence-electron chi connectivity index (χ2n) is 5.21. The number of fused-ring (bicyclic) bond motifs is 1. The van der Waals surface area contributed by atoms with Gasteiger partial charge in [0.25, 0.3) is 0 Å². The highest BCUT2D eigenvalue weighted by Crippen LogP contribution is 2.32. The summed E-state index contributed by atoms with van der Waals surface area (Å²) in [5.41, 5.74) is 3.46. The van der Waals surface area contributed by atoms with Crippen LogP contribution in [0.3, 0.4) is 0 Å². The average molecular weight is 263 g/mol. The lowest BCUT2D eigenvalue weighted by Gasteiger charge is -2.25. The molecule has 0 saturated carbocycles. The van der Waals surface area contributed by atoms with E-state index in [4.69, 9.17) is 10.00 Å². The third kappa shape index (κ3) is 2.53. The highest BCUT2D eigenvalue weighted by atomic mass is 16.5. The molecule has 2 nitrogen and oxygen atoms in total. The van der Waals surface area contributed by atoms with Crippen molar-refractivity contribution in [2.75, 3.05) is 6.61 Å². The fourth-order valence-corrected chi connectivity index (χ4v) is 2.90. The van der Waals surface area contributed by atoms with Crippen molar-refractivity contribution >= 4 is 0 Å². The van der Waals surface area contributed by atoms with E-state index in [-0.39, 0.29) is 0 Å². The zero-order valence-corrected chi connectivity index (χ0v) is 11.4. The number of benzene rings is 2. The van der Waals surface area contributed by atoms with Crippen LogP contribution in [0.25, 0.3) is 0 Å². The quantitative estimate of drug-likeness (QED) is 0.836. The number of ether oxygens (including phenoxy) is 1. The molecule has 0 radical (unpaired) electrons. The van der Waals surface area contributed by atoms with E-state index < -0.39 is 0 Å². The van der Waals surface area contributed by atoms with Gasteiger partial charge in [0.05, 0.1) is 12.2 Å². The minimum Gasteiger partial charge on any atom is -0.492 e. The maximum absolute atomic E-state index is 9.08. The van der Waals surface area contributed by atoms with Crippen LogP contribution in [0.4, 0.5) is 0 Å². The second-order valence-corrected chi connectivity index (χ2v) is 5.21. The van der Waals surface area contributed by atoms with Gasteiger partial charge >= 0.3 is 0 Å². The molecule has 1 unspecified atom stereocenters. The molecule has 0 N–H and O–H groups in total. The third-order valence-corrected chi connectivity index (χ3v) is 3.94. The highest BCUT2D eigenvalue weighted by Gasteiger charge is 2.20. The van der Waals surface area contributed by atoms with E-state index in [1.807, 2.05) is 18.2 Å². The summed E-state index contributed by atoms with van der Waals surface area (Å²) >= 11 is 0. The lowest BCUT2D eigenvalue weighted by atomic mass is 9.83. The lowest BCUT2D eigenvalue weighted by molar-refractivity contribution is 0.274. The van der Waals surface area contributed by atoms with Gasteiger partial charge in [0.2, 0.25) is 0 Å². The van der Waals surface area contributed by atoms with Gasteiger partial charge in [-0.3, -0.25) is 0 Å². The molecule has 1 atom stereocenters. The van der Waals surface area contributed by atoms with Gasteiger partial charge in [0.1, 0.15) is 11.8 Å². The van der Waals surface area contributed by atoms with Crippen LogP contribution in [0.5, 0.6) is 5.75 Å². The highest BCUT2D eigenvalue weighted by molar-refractivity contribution is 5.42. The molecule has 0 saturated heterocycles. The van der Waals surface area contributed by atoms with E-state index in [9.17, 15) is 0 Å². The Bertz CT molecular complexity index is 642. The zero-order valence-electron chi connectivity index (χ0n) is 11.4. The van der Waals surface area contributed by atoms with Crippen LogP contribution in [0.1, 0.15) is 35.4 Å². The van der Waals surface area contributed by atoms with E-state index >= 15 is 0 Å². The number of aryl methyl sites for hydroxylation is 1. The van der Waals surface area contributed by atoms with Gasteiger partial charge in [-0.25, -0.2) is 0 Å². The van der Waals surface area contributed by atoms with E-state index in [0.29, 0.717) is 23.8 Å². The Morgan fingerprint density at radius 1 is 1.10 bits per heavy atom. The number of para-hydroxylation sites is 1. The first-order valence-corrected chi connectivity index (χ1v) is 7.08. The largest absolute Gasteiger partial charge is 0.492 e. The summed E-state index contributed by atoms with van der Waals surface area (Å²) in [7, 11) is 0. The topological polar surface area (TPSA) is 33.0 Å². The number of rotatable bonds is 3. The molecule has 1 aliphatic carbocycles. The second kappa shape index (κ2) is 5.79. The first-order valence-electron chi connectivity index (χ1n) is 7.08. The summed E-state index contributed by atoms with van der Waals surface area (Å²) < 4.78 is 5.90. The minimum atomic E-state index is 0.437. The first kappa shape index (κ1) is 12.7. The average Bonchev–Trinajstić information content (AvgIpc) is 2.53. The summed E-state index contributed by atoms with van der Waals surface area (Å²) in [6.45, 7) is 0.649. The molecule has 0 bridgehead atoms. The molecular formula is C18H17NO. The molecule has 2 heteroatoms. The van der Waals surface area contributed by atoms with Crippen LogP contribution in [-0.2, 0) is 6.42 Å². The van der Waals surface area contributed by atoms with Gasteiger partial charge in [-0.2, -0.15) is 5.26 Å². The summed E-state index contributed by atoms with van der Waals surface area (Å²) in [5.74, 6) is 1.13. The Morgan fingerprint density at radius 2 is 1.90 bits per heavy atom. The fraction of sp³-hybridized carbons (Fsp3) is 0.278. The first-order chi connectivity index (χ1) is 9.88. The van der Waals surface area contributed by atoms with Crippen LogP contribution in [0.2, 0.25) is 0 Å². The van der Waals surface area contributed by atoms with E-state index in [0.717, 1.165) is 6.42 Å². The maximum atomic E-state index is 9.08. The molecule has 2 aromatic rings. The Hall–Kier alpha value is -2.27. The monoisotopic (exact) mass is 263 g/mol. The standard InChI is InChI=1S/C18H17NO/c19-12-15-7-2-4-11-18(15)20-13-16-9-5-8-14-6-1-3-10-17(14)16/h1-4,6-7,10-11,16H,5,8-9,13H2. The Labute approximate surface area is 119 Å². The molecule has 100 valence electrons. The smallest absolute Gasteiger partial charge is 0.137 e. The van der Waals surface area contributed by atoms with Crippen molar-refractivity contribution in [1.29, 1.82) is 5.26 Å². The summed E-state index contributed by atoms with van der Waals surface area (Å²) in [5, 5.41) is 9.08. The number of hydrogen-bond donors (Lipinski definition) is 0. The van der Waals surface area contributed by atoms with Crippen LogP contribution in [0.15, 0.2) is 48.5 Å².